The lowest BCUT2D eigenvalue weighted by Crippen LogP contribution is -2.50. The number of urea groups is 1. The van der Waals surface area contributed by atoms with Crippen molar-refractivity contribution in [2.75, 3.05) is 33.4 Å². The Labute approximate surface area is 88.5 Å². The van der Waals surface area contributed by atoms with Crippen molar-refractivity contribution in [1.29, 1.82) is 0 Å². The van der Waals surface area contributed by atoms with Crippen LogP contribution in [-0.2, 0) is 14.3 Å². The highest BCUT2D eigenvalue weighted by atomic mass is 16.5. The van der Waals surface area contributed by atoms with Gasteiger partial charge in [0.05, 0.1) is 20.3 Å². The van der Waals surface area contributed by atoms with Gasteiger partial charge in [-0.15, -0.1) is 0 Å². The third-order valence-electron chi connectivity index (χ3n) is 2.19. The van der Waals surface area contributed by atoms with Crippen LogP contribution in [0.5, 0.6) is 0 Å². The summed E-state index contributed by atoms with van der Waals surface area (Å²) in [4.78, 5) is 24.2. The van der Waals surface area contributed by atoms with Crippen molar-refractivity contribution < 1.29 is 19.1 Å². The van der Waals surface area contributed by atoms with Crippen LogP contribution in [0.1, 0.15) is 6.92 Å². The van der Waals surface area contributed by atoms with Crippen molar-refractivity contribution >= 4 is 12.0 Å². The van der Waals surface area contributed by atoms with Crippen LogP contribution >= 0.6 is 0 Å². The van der Waals surface area contributed by atoms with E-state index in [0.29, 0.717) is 26.3 Å². The summed E-state index contributed by atoms with van der Waals surface area (Å²) >= 11 is 0. The molecule has 0 radical (unpaired) electrons. The van der Waals surface area contributed by atoms with Crippen molar-refractivity contribution in [3.05, 3.63) is 0 Å². The molecule has 1 saturated heterocycles. The number of rotatable bonds is 2. The molecule has 0 aromatic carbocycles. The van der Waals surface area contributed by atoms with Gasteiger partial charge in [0.2, 0.25) is 0 Å². The number of ether oxygens (including phenoxy) is 2. The van der Waals surface area contributed by atoms with Gasteiger partial charge in [0.1, 0.15) is 6.04 Å². The number of hydrogen-bond donors (Lipinski definition) is 1. The summed E-state index contributed by atoms with van der Waals surface area (Å²) in [5.41, 5.74) is 0. The van der Waals surface area contributed by atoms with Crippen LogP contribution in [-0.4, -0.2) is 56.4 Å². The summed E-state index contributed by atoms with van der Waals surface area (Å²) < 4.78 is 9.61. The van der Waals surface area contributed by atoms with Gasteiger partial charge in [0, 0.05) is 13.1 Å². The molecule has 2 amide bonds. The monoisotopic (exact) mass is 216 g/mol. The Balaban J connectivity index is 2.36. The molecular formula is C9H16N2O4. The smallest absolute Gasteiger partial charge is 0.328 e. The van der Waals surface area contributed by atoms with Crippen molar-refractivity contribution in [2.45, 2.75) is 13.0 Å². The second-order valence-electron chi connectivity index (χ2n) is 3.29. The first kappa shape index (κ1) is 11.8. The van der Waals surface area contributed by atoms with E-state index >= 15 is 0 Å². The van der Waals surface area contributed by atoms with E-state index in [-0.39, 0.29) is 6.03 Å². The van der Waals surface area contributed by atoms with Crippen molar-refractivity contribution in [3.8, 4) is 0 Å². The Morgan fingerprint density at radius 3 is 2.53 bits per heavy atom. The van der Waals surface area contributed by atoms with E-state index in [1.165, 1.54) is 7.11 Å². The van der Waals surface area contributed by atoms with E-state index in [0.717, 1.165) is 0 Å². The van der Waals surface area contributed by atoms with Crippen molar-refractivity contribution in [3.63, 3.8) is 0 Å². The van der Waals surface area contributed by atoms with Crippen LogP contribution in [0.15, 0.2) is 0 Å². The third-order valence-corrected chi connectivity index (χ3v) is 2.19. The lowest BCUT2D eigenvalue weighted by Gasteiger charge is -2.27. The Hall–Kier alpha value is -1.30. The summed E-state index contributed by atoms with van der Waals surface area (Å²) in [7, 11) is 1.29. The number of carbonyl (C=O) groups excluding carboxylic acids is 2. The van der Waals surface area contributed by atoms with E-state index in [4.69, 9.17) is 4.74 Å². The molecule has 0 aromatic rings. The van der Waals surface area contributed by atoms with E-state index in [1.807, 2.05) is 0 Å². The van der Waals surface area contributed by atoms with Gasteiger partial charge in [0.15, 0.2) is 0 Å². The first-order valence-corrected chi connectivity index (χ1v) is 4.86. The SMILES string of the molecule is COC(=O)C(C)NC(=O)N1CCOCC1. The second-order valence-corrected chi connectivity index (χ2v) is 3.29. The van der Waals surface area contributed by atoms with E-state index in [2.05, 4.69) is 10.1 Å². The van der Waals surface area contributed by atoms with Crippen LogP contribution in [0, 0.1) is 0 Å². The standard InChI is InChI=1S/C9H16N2O4/c1-7(8(12)14-2)10-9(13)11-3-5-15-6-4-11/h7H,3-6H2,1-2H3,(H,10,13). The average molecular weight is 216 g/mol. The lowest BCUT2D eigenvalue weighted by atomic mass is 10.3. The quantitative estimate of drug-likeness (QED) is 0.637. The maximum absolute atomic E-state index is 11.6. The predicted octanol–water partition coefficient (Wildman–Crippen LogP) is -0.410. The number of nitrogens with zero attached hydrogens (tertiary/aromatic N) is 1. The minimum atomic E-state index is -0.620. The molecule has 1 fully saturated rings. The predicted molar refractivity (Wildman–Crippen MR) is 52.4 cm³/mol. The number of esters is 1. The van der Waals surface area contributed by atoms with Crippen molar-refractivity contribution in [1.82, 2.24) is 10.2 Å². The molecule has 1 N–H and O–H groups in total. The Bertz CT molecular complexity index is 238. The summed E-state index contributed by atoms with van der Waals surface area (Å²) in [5.74, 6) is -0.448. The molecule has 0 aliphatic carbocycles. The minimum absolute atomic E-state index is 0.254. The summed E-state index contributed by atoms with van der Waals surface area (Å²) in [6, 6.07) is -0.874. The maximum atomic E-state index is 11.6. The fraction of sp³-hybridized carbons (Fsp3) is 0.778. The molecule has 0 aromatic heterocycles. The third kappa shape index (κ3) is 3.39. The number of nitrogens with one attached hydrogen (secondary N) is 1. The summed E-state index contributed by atoms with van der Waals surface area (Å²) in [6.07, 6.45) is 0. The largest absolute Gasteiger partial charge is 0.467 e. The normalized spacial score (nSPS) is 18.1. The molecule has 1 rings (SSSR count). The van der Waals surface area contributed by atoms with Gasteiger partial charge in [0.25, 0.3) is 0 Å². The van der Waals surface area contributed by atoms with E-state index in [1.54, 1.807) is 11.8 Å². The van der Waals surface area contributed by atoms with E-state index < -0.39 is 12.0 Å². The molecule has 0 spiro atoms. The molecule has 1 aliphatic rings. The molecule has 1 heterocycles. The van der Waals surface area contributed by atoms with Crippen LogP contribution in [0.4, 0.5) is 4.79 Å². The van der Waals surface area contributed by atoms with Crippen LogP contribution in [0.3, 0.4) is 0 Å². The van der Waals surface area contributed by atoms with Gasteiger partial charge in [-0.2, -0.15) is 0 Å². The van der Waals surface area contributed by atoms with Gasteiger partial charge < -0.3 is 19.7 Å². The molecule has 0 saturated carbocycles. The van der Waals surface area contributed by atoms with Crippen LogP contribution in [0.2, 0.25) is 0 Å². The Morgan fingerprint density at radius 2 is 2.00 bits per heavy atom. The average Bonchev–Trinajstić information content (AvgIpc) is 2.29. The molecule has 6 heteroatoms. The van der Waals surface area contributed by atoms with Crippen molar-refractivity contribution in [2.24, 2.45) is 0 Å². The van der Waals surface area contributed by atoms with Gasteiger partial charge in [-0.25, -0.2) is 9.59 Å². The molecule has 15 heavy (non-hydrogen) atoms. The van der Waals surface area contributed by atoms with Gasteiger partial charge in [-0.1, -0.05) is 0 Å². The Kier molecular flexibility index (Phi) is 4.36. The zero-order valence-corrected chi connectivity index (χ0v) is 8.99. The molecule has 1 atom stereocenters. The number of morpholine rings is 1. The van der Waals surface area contributed by atoms with Crippen LogP contribution in [0.25, 0.3) is 0 Å². The summed E-state index contributed by atoms with van der Waals surface area (Å²) in [5, 5.41) is 2.56. The molecule has 6 nitrogen and oxygen atoms in total. The maximum Gasteiger partial charge on any atom is 0.328 e. The zero-order chi connectivity index (χ0) is 11.3. The fourth-order valence-electron chi connectivity index (χ4n) is 1.28. The topological polar surface area (TPSA) is 67.9 Å². The number of hydrogen-bond acceptors (Lipinski definition) is 4. The highest BCUT2D eigenvalue weighted by Crippen LogP contribution is 1.98. The molecular weight excluding hydrogens is 200 g/mol. The molecule has 1 aliphatic heterocycles. The number of methoxy groups -OCH3 is 1. The second kappa shape index (κ2) is 5.55. The van der Waals surface area contributed by atoms with Crippen LogP contribution < -0.4 is 5.32 Å². The summed E-state index contributed by atoms with van der Waals surface area (Å²) in [6.45, 7) is 3.78. The Morgan fingerprint density at radius 1 is 1.40 bits per heavy atom. The molecule has 1 unspecified atom stereocenters. The lowest BCUT2D eigenvalue weighted by molar-refractivity contribution is -0.142. The molecule has 86 valence electrons. The number of carbonyl (C=O) groups is 2. The van der Waals surface area contributed by atoms with Gasteiger partial charge in [-0.05, 0) is 6.92 Å². The van der Waals surface area contributed by atoms with Gasteiger partial charge >= 0.3 is 12.0 Å². The van der Waals surface area contributed by atoms with E-state index in [9.17, 15) is 9.59 Å². The molecule has 0 bridgehead atoms. The fourth-order valence-corrected chi connectivity index (χ4v) is 1.28. The highest BCUT2D eigenvalue weighted by Gasteiger charge is 2.21. The highest BCUT2D eigenvalue weighted by molar-refractivity contribution is 5.83. The van der Waals surface area contributed by atoms with Gasteiger partial charge in [-0.3, -0.25) is 0 Å². The first-order valence-electron chi connectivity index (χ1n) is 4.86. The minimum Gasteiger partial charge on any atom is -0.467 e. The number of amides is 2. The zero-order valence-electron chi connectivity index (χ0n) is 8.99. The first-order chi connectivity index (χ1) is 7.15.